The maximum atomic E-state index is 11.8. The number of hydrogen-bond donors (Lipinski definition) is 4. The van der Waals surface area contributed by atoms with Crippen LogP contribution in [0.4, 0.5) is 0 Å². The fourth-order valence-corrected chi connectivity index (χ4v) is 2.05. The van der Waals surface area contributed by atoms with E-state index in [0.717, 1.165) is 5.46 Å². The Hall–Kier alpha value is -1.06. The van der Waals surface area contributed by atoms with Crippen molar-refractivity contribution in [2.45, 2.75) is 59.0 Å². The molecule has 26 heavy (non-hydrogen) atoms. The molecule has 6 nitrogen and oxygen atoms in total. The summed E-state index contributed by atoms with van der Waals surface area (Å²) in [6.45, 7) is 11.4. The van der Waals surface area contributed by atoms with Crippen LogP contribution in [0.1, 0.15) is 51.9 Å². The molecule has 1 aliphatic rings. The lowest BCUT2D eigenvalue weighted by Gasteiger charge is -2.32. The number of hydrogen-bond acceptors (Lipinski definition) is 6. The van der Waals surface area contributed by atoms with Crippen molar-refractivity contribution in [3.05, 3.63) is 29.8 Å². The first-order chi connectivity index (χ1) is 12.2. The van der Waals surface area contributed by atoms with Gasteiger partial charge in [0.2, 0.25) is 0 Å². The molecule has 1 unspecified atom stereocenters. The molecule has 0 bridgehead atoms. The zero-order valence-electron chi connectivity index (χ0n) is 16.7. The van der Waals surface area contributed by atoms with E-state index in [1.165, 1.54) is 0 Å². The number of rotatable bonds is 4. The van der Waals surface area contributed by atoms with E-state index >= 15 is 0 Å². The summed E-state index contributed by atoms with van der Waals surface area (Å²) in [7, 11) is -0.481. The number of aliphatic hydroxyl groups excluding tert-OH is 2. The highest BCUT2D eigenvalue weighted by molar-refractivity contribution is 7.79. The largest absolute Gasteiger partial charge is 0.494 e. The van der Waals surface area contributed by atoms with Crippen LogP contribution in [0, 0.1) is 0 Å². The highest BCUT2D eigenvalue weighted by atomic mass is 32.1. The van der Waals surface area contributed by atoms with Gasteiger partial charge in [-0.1, -0.05) is 26.0 Å². The smallest absolute Gasteiger partial charge is 0.399 e. The summed E-state index contributed by atoms with van der Waals surface area (Å²) in [4.78, 5) is 11.8. The van der Waals surface area contributed by atoms with Gasteiger partial charge in [0.15, 0.2) is 0 Å². The molecule has 1 aromatic carbocycles. The Morgan fingerprint density at radius 3 is 1.92 bits per heavy atom. The predicted molar refractivity (Wildman–Crippen MR) is 109 cm³/mol. The Bertz CT molecular complexity index is 535. The molecule has 8 heteroatoms. The van der Waals surface area contributed by atoms with Crippen LogP contribution in [0.5, 0.6) is 0 Å². The normalized spacial score (nSPS) is 18.0. The molecule has 0 aliphatic carbocycles. The van der Waals surface area contributed by atoms with Crippen LogP contribution in [0.3, 0.4) is 0 Å². The molecule has 0 spiro atoms. The number of carbonyl (C=O) groups is 1. The van der Waals surface area contributed by atoms with Crippen molar-refractivity contribution in [3.8, 4) is 0 Å². The van der Waals surface area contributed by atoms with Gasteiger partial charge in [-0.2, -0.15) is 12.6 Å². The van der Waals surface area contributed by atoms with E-state index in [2.05, 4.69) is 17.9 Å². The molecule has 0 saturated carbocycles. The van der Waals surface area contributed by atoms with Crippen molar-refractivity contribution >= 4 is 31.1 Å². The number of nitrogens with one attached hydrogen (secondary N) is 1. The lowest BCUT2D eigenvalue weighted by Crippen LogP contribution is -2.41. The van der Waals surface area contributed by atoms with Crippen LogP contribution in [0.15, 0.2) is 24.3 Å². The molecule has 1 fully saturated rings. The van der Waals surface area contributed by atoms with Crippen molar-refractivity contribution in [2.75, 3.05) is 12.9 Å². The first kappa shape index (κ1) is 24.9. The zero-order valence-corrected chi connectivity index (χ0v) is 17.6. The average Bonchev–Trinajstić information content (AvgIpc) is 2.86. The third-order valence-electron chi connectivity index (χ3n) is 4.17. The van der Waals surface area contributed by atoms with Gasteiger partial charge in [0, 0.05) is 5.56 Å². The summed E-state index contributed by atoms with van der Waals surface area (Å²) in [6.07, 6.45) is 0.426. The van der Waals surface area contributed by atoms with E-state index in [9.17, 15) is 9.90 Å². The fourth-order valence-electron chi connectivity index (χ4n) is 2.05. The number of carbonyl (C=O) groups excluding carboxylic acids is 1. The molecule has 1 aliphatic heterocycles. The van der Waals surface area contributed by atoms with Gasteiger partial charge in [-0.05, 0) is 51.5 Å². The number of aliphatic hydroxyl groups is 2. The standard InChI is InChI=1S/C15H22BNO5.C2H6.CH4S/c1-14(2)15(3,4)22-16(21-14)11-7-5-10(6-8-11)13(20)17-12(19)9-18;2*1-2/h5-8,12,18-19H,9H2,1-4H3,(H,17,20);1-2H3;2H,1H3. The van der Waals surface area contributed by atoms with E-state index in [-0.39, 0.29) is 0 Å². The second kappa shape index (κ2) is 10.9. The van der Waals surface area contributed by atoms with Gasteiger partial charge < -0.3 is 24.8 Å². The first-order valence-corrected chi connectivity index (χ1v) is 9.56. The van der Waals surface area contributed by atoms with Crippen LogP contribution in [0.25, 0.3) is 0 Å². The van der Waals surface area contributed by atoms with Crippen molar-refractivity contribution in [2.24, 2.45) is 0 Å². The quantitative estimate of drug-likeness (QED) is 0.359. The van der Waals surface area contributed by atoms with Crippen LogP contribution in [-0.4, -0.2) is 53.5 Å². The van der Waals surface area contributed by atoms with Crippen molar-refractivity contribution in [1.82, 2.24) is 5.32 Å². The molecule has 2 rings (SSSR count). The molecule has 148 valence electrons. The van der Waals surface area contributed by atoms with Crippen molar-refractivity contribution < 1.29 is 24.3 Å². The highest BCUT2D eigenvalue weighted by Crippen LogP contribution is 2.36. The van der Waals surface area contributed by atoms with E-state index in [0.29, 0.717) is 5.56 Å². The minimum atomic E-state index is -1.27. The Kier molecular flexibility index (Phi) is 10.5. The summed E-state index contributed by atoms with van der Waals surface area (Å²) in [5.41, 5.74) is 0.364. The monoisotopic (exact) mass is 385 g/mol. The molecule has 1 atom stereocenters. The molecular weight excluding hydrogens is 353 g/mol. The molecule has 1 amide bonds. The van der Waals surface area contributed by atoms with Gasteiger partial charge in [-0.15, -0.1) is 0 Å². The maximum Gasteiger partial charge on any atom is 0.494 e. The zero-order chi connectivity index (χ0) is 20.5. The van der Waals surface area contributed by atoms with Crippen LogP contribution >= 0.6 is 12.6 Å². The second-order valence-corrected chi connectivity index (χ2v) is 6.38. The summed E-state index contributed by atoms with van der Waals surface area (Å²) < 4.78 is 11.9. The Balaban J connectivity index is 0.00000146. The highest BCUT2D eigenvalue weighted by Gasteiger charge is 2.51. The van der Waals surface area contributed by atoms with Gasteiger partial charge in [-0.25, -0.2) is 0 Å². The molecule has 0 radical (unpaired) electrons. The molecule has 0 aromatic heterocycles. The minimum absolute atomic E-state index is 0.382. The lowest BCUT2D eigenvalue weighted by atomic mass is 9.79. The van der Waals surface area contributed by atoms with Crippen LogP contribution in [0.2, 0.25) is 0 Å². The van der Waals surface area contributed by atoms with Crippen molar-refractivity contribution in [3.63, 3.8) is 0 Å². The Morgan fingerprint density at radius 2 is 1.54 bits per heavy atom. The Labute approximate surface area is 162 Å². The topological polar surface area (TPSA) is 88.0 Å². The first-order valence-electron chi connectivity index (χ1n) is 8.66. The second-order valence-electron chi connectivity index (χ2n) is 6.38. The van der Waals surface area contributed by atoms with Crippen molar-refractivity contribution in [1.29, 1.82) is 0 Å². The van der Waals surface area contributed by atoms with E-state index in [1.54, 1.807) is 30.5 Å². The molecule has 1 heterocycles. The van der Waals surface area contributed by atoms with E-state index in [1.807, 2.05) is 41.5 Å². The van der Waals surface area contributed by atoms with Gasteiger partial charge in [0.05, 0.1) is 17.8 Å². The number of amides is 1. The van der Waals surface area contributed by atoms with E-state index < -0.39 is 37.1 Å². The van der Waals surface area contributed by atoms with Gasteiger partial charge in [0.25, 0.3) is 5.91 Å². The average molecular weight is 385 g/mol. The van der Waals surface area contributed by atoms with E-state index in [4.69, 9.17) is 14.4 Å². The summed E-state index contributed by atoms with van der Waals surface area (Å²) in [6, 6.07) is 6.75. The fraction of sp³-hybridized carbons (Fsp3) is 0.611. The summed E-state index contributed by atoms with van der Waals surface area (Å²) >= 11 is 3.53. The molecule has 3 N–H and O–H groups in total. The van der Waals surface area contributed by atoms with Crippen LogP contribution in [-0.2, 0) is 9.31 Å². The van der Waals surface area contributed by atoms with Gasteiger partial charge in [-0.3, -0.25) is 4.79 Å². The molecule has 1 saturated heterocycles. The number of thiol groups is 1. The molecular formula is C18H32BNO5S. The number of benzene rings is 1. The molecule has 1 aromatic rings. The summed E-state index contributed by atoms with van der Waals surface area (Å²) in [5.74, 6) is -0.456. The maximum absolute atomic E-state index is 11.8. The predicted octanol–water partition coefficient (Wildman–Crippen LogP) is 1.60. The third kappa shape index (κ3) is 6.28. The minimum Gasteiger partial charge on any atom is -0.399 e. The third-order valence-corrected chi connectivity index (χ3v) is 4.17. The Morgan fingerprint density at radius 1 is 1.12 bits per heavy atom. The van der Waals surface area contributed by atoms with Gasteiger partial charge in [0.1, 0.15) is 6.23 Å². The van der Waals surface area contributed by atoms with Gasteiger partial charge >= 0.3 is 7.12 Å². The summed E-state index contributed by atoms with van der Waals surface area (Å²) in [5, 5.41) is 20.2. The lowest BCUT2D eigenvalue weighted by molar-refractivity contribution is 0.00578. The SMILES string of the molecule is CC.CC1(C)OB(c2ccc(C(=O)NC(O)CO)cc2)OC1(C)C.CS. The van der Waals surface area contributed by atoms with Crippen LogP contribution < -0.4 is 10.8 Å².